The molecule has 250 valence electrons. The van der Waals surface area contributed by atoms with Gasteiger partial charge in [0.05, 0.1) is 64.9 Å². The minimum Gasteiger partial charge on any atom is -0.378 e. The zero-order valence-corrected chi connectivity index (χ0v) is 24.8. The fourth-order valence-electron chi connectivity index (χ4n) is 4.47. The first kappa shape index (κ1) is 35.3. The topological polar surface area (TPSA) is 153 Å². The maximum atomic E-state index is 13.8. The number of anilines is 2. The first-order chi connectivity index (χ1) is 22.3. The largest absolute Gasteiger partial charge is 0.417 e. The van der Waals surface area contributed by atoms with Gasteiger partial charge in [0.15, 0.2) is 11.2 Å². The number of fused-ring (bicyclic) bond motifs is 1. The van der Waals surface area contributed by atoms with E-state index in [-0.39, 0.29) is 11.2 Å². The molecular weight excluding hydrogens is 653 g/mol. The number of alkyl halides is 6. The highest BCUT2D eigenvalue weighted by atomic mass is 19.4. The molecule has 1 aromatic heterocycles. The third-order valence-corrected chi connectivity index (χ3v) is 7.10. The van der Waals surface area contributed by atoms with Crippen LogP contribution in [0.25, 0.3) is 11.0 Å². The smallest absolute Gasteiger partial charge is 0.378 e. The van der Waals surface area contributed by atoms with Crippen molar-refractivity contribution in [1.29, 1.82) is 10.5 Å². The summed E-state index contributed by atoms with van der Waals surface area (Å²) in [6.45, 7) is 0.677. The van der Waals surface area contributed by atoms with Crippen LogP contribution in [0.15, 0.2) is 60.9 Å². The van der Waals surface area contributed by atoms with E-state index in [4.69, 9.17) is 15.3 Å². The van der Waals surface area contributed by atoms with Crippen molar-refractivity contribution in [2.75, 3.05) is 17.2 Å². The molecule has 0 aliphatic heterocycles. The van der Waals surface area contributed by atoms with E-state index in [1.165, 1.54) is 36.0 Å². The van der Waals surface area contributed by atoms with Crippen molar-refractivity contribution in [3.63, 3.8) is 0 Å². The highest BCUT2D eigenvalue weighted by molar-refractivity contribution is 5.98. The number of benzene rings is 3. The molecule has 48 heavy (non-hydrogen) atoms. The van der Waals surface area contributed by atoms with Crippen molar-refractivity contribution < 1.29 is 50.2 Å². The van der Waals surface area contributed by atoms with Crippen LogP contribution in [0.2, 0.25) is 0 Å². The Morgan fingerprint density at radius 2 is 1.38 bits per heavy atom. The predicted octanol–water partition coefficient (Wildman–Crippen LogP) is 5.76. The number of hydrogen-bond acceptors (Lipinski definition) is 7. The summed E-state index contributed by atoms with van der Waals surface area (Å²) in [5.74, 6) is -2.96. The average Bonchev–Trinajstić information content (AvgIpc) is 3.40. The lowest BCUT2D eigenvalue weighted by Crippen LogP contribution is -2.52. The second kappa shape index (κ2) is 12.9. The Hall–Kier alpha value is -5.52. The second-order valence-corrected chi connectivity index (χ2v) is 10.9. The van der Waals surface area contributed by atoms with Gasteiger partial charge in [0, 0.05) is 17.4 Å². The lowest BCUT2D eigenvalue weighted by atomic mass is 10.0. The first-order valence-electron chi connectivity index (χ1n) is 13.6. The maximum Gasteiger partial charge on any atom is 0.417 e. The molecule has 3 N–H and O–H groups in total. The van der Waals surface area contributed by atoms with Crippen molar-refractivity contribution in [3.8, 4) is 12.1 Å². The molecule has 0 bridgehead atoms. The van der Waals surface area contributed by atoms with E-state index < -0.39 is 82.3 Å². The molecule has 0 radical (unpaired) electrons. The van der Waals surface area contributed by atoms with Gasteiger partial charge in [0.2, 0.25) is 0 Å². The van der Waals surface area contributed by atoms with Crippen LogP contribution in [0.3, 0.4) is 0 Å². The molecule has 0 spiro atoms. The number of hydrogen-bond donors (Lipinski definition) is 3. The molecular formula is C31H23F7N6O4. The van der Waals surface area contributed by atoms with E-state index >= 15 is 0 Å². The maximum absolute atomic E-state index is 13.8. The number of rotatable bonds is 9. The Balaban J connectivity index is 1.63. The lowest BCUT2D eigenvalue weighted by Gasteiger charge is -2.33. The zero-order chi connectivity index (χ0) is 35.7. The predicted molar refractivity (Wildman–Crippen MR) is 154 cm³/mol. The number of ether oxygens (including phenoxy) is 1. The van der Waals surface area contributed by atoms with Crippen LogP contribution >= 0.6 is 0 Å². The molecule has 2 amide bonds. The zero-order valence-electron chi connectivity index (χ0n) is 24.8. The Morgan fingerprint density at radius 1 is 0.854 bits per heavy atom. The molecule has 1 heterocycles. The van der Waals surface area contributed by atoms with Crippen LogP contribution in [0.4, 0.5) is 42.1 Å². The number of nitriles is 2. The standard InChI is InChI=1S/C31H23F7N6O4/c1-28(47,26(45)42-20-6-3-17(12-39)22(10-20)30(33,34)35)15-48-29(2,14-44-16-41-24-9-19(32)5-8-25(24)44)27(46)43-21-7-4-18(13-40)23(11-21)31(36,37)38/h3-11,16,47H,14-15H2,1-2H3,(H,42,45)(H,43,46)/t28-,29?/m0/s1. The molecule has 2 atom stereocenters. The van der Waals surface area contributed by atoms with Gasteiger partial charge in [0.1, 0.15) is 5.82 Å². The Kier molecular flexibility index (Phi) is 9.52. The van der Waals surface area contributed by atoms with Gasteiger partial charge in [-0.2, -0.15) is 36.9 Å². The minimum absolute atomic E-state index is 0.173. The molecule has 0 saturated heterocycles. The summed E-state index contributed by atoms with van der Waals surface area (Å²) in [6, 6.07) is 11.1. The van der Waals surface area contributed by atoms with Gasteiger partial charge < -0.3 is 25.0 Å². The van der Waals surface area contributed by atoms with Crippen molar-refractivity contribution >= 4 is 34.2 Å². The van der Waals surface area contributed by atoms with E-state index in [9.17, 15) is 45.4 Å². The van der Waals surface area contributed by atoms with Crippen LogP contribution in [-0.4, -0.2) is 44.3 Å². The van der Waals surface area contributed by atoms with Gasteiger partial charge >= 0.3 is 12.4 Å². The quantitative estimate of drug-likeness (QED) is 0.191. The van der Waals surface area contributed by atoms with Gasteiger partial charge in [-0.15, -0.1) is 0 Å². The van der Waals surface area contributed by atoms with Crippen molar-refractivity contribution in [2.24, 2.45) is 0 Å². The van der Waals surface area contributed by atoms with Crippen LogP contribution in [0.5, 0.6) is 0 Å². The van der Waals surface area contributed by atoms with E-state index in [2.05, 4.69) is 15.6 Å². The van der Waals surface area contributed by atoms with Crippen molar-refractivity contribution in [3.05, 3.63) is 89.0 Å². The molecule has 4 rings (SSSR count). The summed E-state index contributed by atoms with van der Waals surface area (Å²) in [4.78, 5) is 30.7. The molecule has 10 nitrogen and oxygen atoms in total. The van der Waals surface area contributed by atoms with Gasteiger partial charge in [-0.3, -0.25) is 9.59 Å². The van der Waals surface area contributed by atoms with Gasteiger partial charge in [-0.25, -0.2) is 9.37 Å². The molecule has 0 aliphatic rings. The number of carbonyl (C=O) groups excluding carboxylic acids is 2. The normalized spacial score (nSPS) is 14.3. The Bertz CT molecular complexity index is 1980. The molecule has 4 aromatic rings. The number of amides is 2. The summed E-state index contributed by atoms with van der Waals surface area (Å²) < 4.78 is 102. The third-order valence-electron chi connectivity index (χ3n) is 7.10. The highest BCUT2D eigenvalue weighted by Gasteiger charge is 2.41. The molecule has 3 aromatic carbocycles. The number of nitrogens with zero attached hydrogens (tertiary/aromatic N) is 4. The summed E-state index contributed by atoms with van der Waals surface area (Å²) in [5.41, 5.74) is -9.05. The van der Waals surface area contributed by atoms with E-state index in [0.717, 1.165) is 43.3 Å². The fraction of sp³-hybridized carbons (Fsp3) is 0.258. The van der Waals surface area contributed by atoms with Crippen molar-refractivity contribution in [2.45, 2.75) is 43.9 Å². The molecule has 1 unspecified atom stereocenters. The number of imidazole rings is 1. The number of halogens is 7. The van der Waals surface area contributed by atoms with Gasteiger partial charge in [-0.1, -0.05) is 0 Å². The monoisotopic (exact) mass is 676 g/mol. The first-order valence-corrected chi connectivity index (χ1v) is 13.6. The summed E-state index contributed by atoms with van der Waals surface area (Å²) in [5, 5.41) is 33.4. The molecule has 17 heteroatoms. The average molecular weight is 677 g/mol. The van der Waals surface area contributed by atoms with Crippen LogP contribution in [0, 0.1) is 28.5 Å². The number of nitrogens with one attached hydrogen (secondary N) is 2. The minimum atomic E-state index is -4.95. The van der Waals surface area contributed by atoms with Gasteiger partial charge in [0.25, 0.3) is 11.8 Å². The van der Waals surface area contributed by atoms with E-state index in [1.807, 2.05) is 0 Å². The Labute approximate surface area is 267 Å². The molecule has 0 saturated carbocycles. The highest BCUT2D eigenvalue weighted by Crippen LogP contribution is 2.35. The summed E-state index contributed by atoms with van der Waals surface area (Å²) in [7, 11) is 0. The van der Waals surface area contributed by atoms with Crippen LogP contribution < -0.4 is 10.6 Å². The fourth-order valence-corrected chi connectivity index (χ4v) is 4.47. The lowest BCUT2D eigenvalue weighted by molar-refractivity contribution is -0.159. The van der Waals surface area contributed by atoms with Crippen LogP contribution in [-0.2, 0) is 33.2 Å². The summed E-state index contributed by atoms with van der Waals surface area (Å²) in [6.07, 6.45) is -8.67. The van der Waals surface area contributed by atoms with E-state index in [0.29, 0.717) is 17.6 Å². The number of carbonyl (C=O) groups is 2. The van der Waals surface area contributed by atoms with E-state index in [1.54, 1.807) is 0 Å². The van der Waals surface area contributed by atoms with Gasteiger partial charge in [-0.05, 0) is 62.4 Å². The molecule has 0 aliphatic carbocycles. The Morgan fingerprint density at radius 3 is 1.88 bits per heavy atom. The van der Waals surface area contributed by atoms with Crippen LogP contribution in [0.1, 0.15) is 36.1 Å². The number of aromatic nitrogens is 2. The number of aliphatic hydroxyl groups is 1. The third kappa shape index (κ3) is 7.71. The SMILES string of the molecule is CC(Cn1cnc2cc(F)ccc21)(OC[C@](C)(O)C(=O)Nc1ccc(C#N)c(C(F)(F)F)c1)C(=O)Nc1ccc(C#N)c(C(F)(F)F)c1. The molecule has 0 fully saturated rings. The summed E-state index contributed by atoms with van der Waals surface area (Å²) >= 11 is 0. The second-order valence-electron chi connectivity index (χ2n) is 10.9. The van der Waals surface area contributed by atoms with Crippen molar-refractivity contribution in [1.82, 2.24) is 9.55 Å².